The number of rotatable bonds is 6. The molecule has 19 heavy (non-hydrogen) atoms. The molecule has 0 aromatic carbocycles. The summed E-state index contributed by atoms with van der Waals surface area (Å²) in [6.45, 7) is 13.2. The van der Waals surface area contributed by atoms with Crippen LogP contribution in [-0.2, 0) is 14.3 Å². The third kappa shape index (κ3) is 6.19. The molecular formula is C15H29NO3. The van der Waals surface area contributed by atoms with E-state index in [1.807, 2.05) is 48.5 Å². The lowest BCUT2D eigenvalue weighted by atomic mass is 9.85. The van der Waals surface area contributed by atoms with Crippen LogP contribution in [0.25, 0.3) is 0 Å². The molecule has 4 nitrogen and oxygen atoms in total. The highest BCUT2D eigenvalue weighted by atomic mass is 16.5. The Labute approximate surface area is 117 Å². The van der Waals surface area contributed by atoms with Crippen molar-refractivity contribution in [2.75, 3.05) is 0 Å². The summed E-state index contributed by atoms with van der Waals surface area (Å²) in [6.07, 6.45) is -0.151. The summed E-state index contributed by atoms with van der Waals surface area (Å²) in [7, 11) is 0. The average molecular weight is 271 g/mol. The van der Waals surface area contributed by atoms with E-state index in [-0.39, 0.29) is 24.0 Å². The van der Waals surface area contributed by atoms with Gasteiger partial charge in [0.15, 0.2) is 0 Å². The highest BCUT2D eigenvalue weighted by Crippen LogP contribution is 2.22. The van der Waals surface area contributed by atoms with E-state index in [4.69, 9.17) is 10.5 Å². The minimum Gasteiger partial charge on any atom is -0.460 e. The van der Waals surface area contributed by atoms with Gasteiger partial charge in [-0.2, -0.15) is 0 Å². The zero-order chi connectivity index (χ0) is 15.4. The third-order valence-electron chi connectivity index (χ3n) is 3.22. The van der Waals surface area contributed by atoms with Crippen molar-refractivity contribution in [3.8, 4) is 0 Å². The van der Waals surface area contributed by atoms with E-state index in [9.17, 15) is 9.59 Å². The molecule has 0 saturated heterocycles. The SMILES string of the molecule is CC(C)C(CC(=O)C(C)(C)C)OC(=O)[C@@H](N)C(C)C. The Morgan fingerprint density at radius 1 is 1.05 bits per heavy atom. The highest BCUT2D eigenvalue weighted by molar-refractivity contribution is 5.84. The Hall–Kier alpha value is -0.900. The molecule has 0 aromatic rings. The van der Waals surface area contributed by atoms with Crippen LogP contribution >= 0.6 is 0 Å². The van der Waals surface area contributed by atoms with Crippen molar-refractivity contribution in [3.63, 3.8) is 0 Å². The van der Waals surface area contributed by atoms with Crippen LogP contribution in [0.2, 0.25) is 0 Å². The van der Waals surface area contributed by atoms with E-state index in [1.165, 1.54) is 0 Å². The summed E-state index contributed by atoms with van der Waals surface area (Å²) in [6, 6.07) is -0.633. The minimum absolute atomic E-state index is 0.0265. The molecule has 0 rings (SSSR count). The standard InChI is InChI=1S/C15H29NO3/c1-9(2)11(8-12(17)15(5,6)7)19-14(18)13(16)10(3)4/h9-11,13H,8,16H2,1-7H3/t11?,13-/m0/s1. The van der Waals surface area contributed by atoms with Crippen molar-refractivity contribution in [2.24, 2.45) is 23.0 Å². The molecule has 0 bridgehead atoms. The van der Waals surface area contributed by atoms with Gasteiger partial charge in [-0.3, -0.25) is 9.59 Å². The Kier molecular flexibility index (Phi) is 6.70. The summed E-state index contributed by atoms with van der Waals surface area (Å²) in [4.78, 5) is 23.9. The van der Waals surface area contributed by atoms with Gasteiger partial charge in [0, 0.05) is 11.8 Å². The summed E-state index contributed by atoms with van der Waals surface area (Å²) >= 11 is 0. The molecule has 1 unspecified atom stereocenters. The first kappa shape index (κ1) is 18.1. The largest absolute Gasteiger partial charge is 0.460 e. The molecule has 0 aliphatic heterocycles. The predicted octanol–water partition coefficient (Wildman–Crippen LogP) is 2.54. The topological polar surface area (TPSA) is 69.4 Å². The van der Waals surface area contributed by atoms with Gasteiger partial charge in [0.25, 0.3) is 0 Å². The van der Waals surface area contributed by atoms with E-state index >= 15 is 0 Å². The Balaban J connectivity index is 4.69. The fourth-order valence-electron chi connectivity index (χ4n) is 1.40. The number of Topliss-reactive ketones (excluding diaryl/α,β-unsaturated/α-hetero) is 1. The smallest absolute Gasteiger partial charge is 0.323 e. The molecule has 0 aliphatic rings. The number of carbonyl (C=O) groups is 2. The van der Waals surface area contributed by atoms with Gasteiger partial charge in [0.2, 0.25) is 0 Å². The molecular weight excluding hydrogens is 242 g/mol. The van der Waals surface area contributed by atoms with Gasteiger partial charge in [-0.1, -0.05) is 48.5 Å². The zero-order valence-corrected chi connectivity index (χ0v) is 13.3. The van der Waals surface area contributed by atoms with Crippen LogP contribution in [-0.4, -0.2) is 23.9 Å². The lowest BCUT2D eigenvalue weighted by molar-refractivity contribution is -0.155. The molecule has 4 heteroatoms. The Morgan fingerprint density at radius 3 is 1.84 bits per heavy atom. The molecule has 0 spiro atoms. The molecule has 0 radical (unpaired) electrons. The maximum absolute atomic E-state index is 12.0. The molecule has 0 heterocycles. The lowest BCUT2D eigenvalue weighted by Crippen LogP contribution is -2.41. The van der Waals surface area contributed by atoms with Crippen molar-refractivity contribution < 1.29 is 14.3 Å². The molecule has 0 fully saturated rings. The van der Waals surface area contributed by atoms with Gasteiger partial charge in [-0.05, 0) is 11.8 Å². The van der Waals surface area contributed by atoms with E-state index in [2.05, 4.69) is 0 Å². The van der Waals surface area contributed by atoms with Gasteiger partial charge in [-0.25, -0.2) is 0 Å². The lowest BCUT2D eigenvalue weighted by Gasteiger charge is -2.26. The summed E-state index contributed by atoms with van der Waals surface area (Å²) in [5.41, 5.74) is 5.35. The second-order valence-electron chi connectivity index (χ2n) is 6.87. The first-order valence-electron chi connectivity index (χ1n) is 6.96. The van der Waals surface area contributed by atoms with Crippen LogP contribution < -0.4 is 5.73 Å². The van der Waals surface area contributed by atoms with Crippen LogP contribution in [0, 0.1) is 17.3 Å². The van der Waals surface area contributed by atoms with Gasteiger partial charge >= 0.3 is 5.97 Å². The van der Waals surface area contributed by atoms with E-state index < -0.39 is 23.5 Å². The van der Waals surface area contributed by atoms with E-state index in [1.54, 1.807) is 0 Å². The maximum atomic E-state index is 12.0. The fourth-order valence-corrected chi connectivity index (χ4v) is 1.40. The normalized spacial score (nSPS) is 15.5. The number of ketones is 1. The van der Waals surface area contributed by atoms with E-state index in [0.29, 0.717) is 0 Å². The monoisotopic (exact) mass is 271 g/mol. The molecule has 112 valence electrons. The van der Waals surface area contributed by atoms with Crippen molar-refractivity contribution in [3.05, 3.63) is 0 Å². The van der Waals surface area contributed by atoms with Crippen molar-refractivity contribution >= 4 is 11.8 Å². The molecule has 2 atom stereocenters. The predicted molar refractivity (Wildman–Crippen MR) is 76.6 cm³/mol. The van der Waals surface area contributed by atoms with Crippen molar-refractivity contribution in [1.82, 2.24) is 0 Å². The quantitative estimate of drug-likeness (QED) is 0.754. The number of nitrogens with two attached hydrogens (primary N) is 1. The molecule has 0 aromatic heterocycles. The number of carbonyl (C=O) groups excluding carboxylic acids is 2. The molecule has 0 amide bonds. The van der Waals surface area contributed by atoms with Crippen LogP contribution in [0.5, 0.6) is 0 Å². The van der Waals surface area contributed by atoms with Gasteiger partial charge in [-0.15, -0.1) is 0 Å². The molecule has 0 aliphatic carbocycles. The molecule has 0 saturated carbocycles. The number of hydrogen-bond donors (Lipinski definition) is 1. The van der Waals surface area contributed by atoms with Crippen LogP contribution in [0.4, 0.5) is 0 Å². The third-order valence-corrected chi connectivity index (χ3v) is 3.22. The number of ether oxygens (including phenoxy) is 1. The van der Waals surface area contributed by atoms with Crippen LogP contribution in [0.3, 0.4) is 0 Å². The maximum Gasteiger partial charge on any atom is 0.323 e. The van der Waals surface area contributed by atoms with Crippen molar-refractivity contribution in [2.45, 2.75) is 67.0 Å². The first-order valence-corrected chi connectivity index (χ1v) is 6.96. The average Bonchev–Trinajstić information content (AvgIpc) is 2.24. The van der Waals surface area contributed by atoms with Gasteiger partial charge in [0.1, 0.15) is 17.9 Å². The second-order valence-corrected chi connectivity index (χ2v) is 6.87. The number of esters is 1. The Morgan fingerprint density at radius 2 is 1.53 bits per heavy atom. The summed E-state index contributed by atoms with van der Waals surface area (Å²) in [5, 5.41) is 0. The summed E-state index contributed by atoms with van der Waals surface area (Å²) in [5.74, 6) is -0.208. The first-order chi connectivity index (χ1) is 8.46. The highest BCUT2D eigenvalue weighted by Gasteiger charge is 2.30. The Bertz CT molecular complexity index is 316. The van der Waals surface area contributed by atoms with Crippen molar-refractivity contribution in [1.29, 1.82) is 0 Å². The molecule has 2 N–H and O–H groups in total. The zero-order valence-electron chi connectivity index (χ0n) is 13.3. The fraction of sp³-hybridized carbons (Fsp3) is 0.867. The van der Waals surface area contributed by atoms with Crippen LogP contribution in [0.15, 0.2) is 0 Å². The number of hydrogen-bond acceptors (Lipinski definition) is 4. The van der Waals surface area contributed by atoms with Gasteiger partial charge < -0.3 is 10.5 Å². The second kappa shape index (κ2) is 7.04. The van der Waals surface area contributed by atoms with Crippen LogP contribution in [0.1, 0.15) is 54.9 Å². The summed E-state index contributed by atoms with van der Waals surface area (Å²) < 4.78 is 5.42. The minimum atomic E-state index is -0.633. The van der Waals surface area contributed by atoms with Gasteiger partial charge in [0.05, 0.1) is 0 Å². The van der Waals surface area contributed by atoms with E-state index in [0.717, 1.165) is 0 Å².